The molecule has 4 aromatic rings. The van der Waals surface area contributed by atoms with Crippen LogP contribution in [-0.2, 0) is 0 Å². The molecule has 0 unspecified atom stereocenters. The van der Waals surface area contributed by atoms with Crippen molar-refractivity contribution >= 4 is 44.7 Å². The third-order valence-corrected chi connectivity index (χ3v) is 5.81. The molecule has 1 N–H and O–H groups in total. The SMILES string of the molecule is COc1cc(NC(=O)c2cc3c(C)nn(-c4ccc(Cl)cc4)c3s2)cc(OC)c1. The average molecular weight is 428 g/mol. The van der Waals surface area contributed by atoms with Crippen LogP contribution in [-0.4, -0.2) is 29.9 Å². The highest BCUT2D eigenvalue weighted by Gasteiger charge is 2.18. The molecule has 0 fully saturated rings. The van der Waals surface area contributed by atoms with Gasteiger partial charge in [0.25, 0.3) is 5.91 Å². The lowest BCUT2D eigenvalue weighted by atomic mass is 10.2. The molecule has 29 heavy (non-hydrogen) atoms. The molecule has 2 heterocycles. The van der Waals surface area contributed by atoms with Crippen molar-refractivity contribution in [1.82, 2.24) is 9.78 Å². The second-order valence-corrected chi connectivity index (χ2v) is 7.83. The molecular formula is C21H18ClN3O3S. The van der Waals surface area contributed by atoms with E-state index >= 15 is 0 Å². The van der Waals surface area contributed by atoms with E-state index in [9.17, 15) is 4.79 Å². The van der Waals surface area contributed by atoms with Crippen LogP contribution in [0.3, 0.4) is 0 Å². The lowest BCUT2D eigenvalue weighted by Crippen LogP contribution is -2.10. The number of aryl methyl sites for hydroxylation is 1. The maximum absolute atomic E-state index is 12.9. The monoisotopic (exact) mass is 427 g/mol. The largest absolute Gasteiger partial charge is 0.497 e. The number of anilines is 1. The maximum Gasteiger partial charge on any atom is 0.265 e. The standard InChI is InChI=1S/C21H18ClN3O3S/c1-12-18-11-19(20(26)23-14-8-16(27-2)10-17(9-14)28-3)29-21(18)25(24-12)15-6-4-13(22)5-7-15/h4-11H,1-3H3,(H,23,26). The predicted octanol–water partition coefficient (Wildman–Crippen LogP) is 5.32. The van der Waals surface area contributed by atoms with Crippen LogP contribution in [0.4, 0.5) is 5.69 Å². The van der Waals surface area contributed by atoms with Crippen molar-refractivity contribution in [2.75, 3.05) is 19.5 Å². The number of carbonyl (C=O) groups excluding carboxylic acids is 1. The molecule has 0 aliphatic rings. The van der Waals surface area contributed by atoms with Crippen LogP contribution in [0.5, 0.6) is 11.5 Å². The number of hydrogen-bond donors (Lipinski definition) is 1. The molecule has 6 nitrogen and oxygen atoms in total. The van der Waals surface area contributed by atoms with Gasteiger partial charge in [0.15, 0.2) is 0 Å². The Morgan fingerprint density at radius 2 is 1.72 bits per heavy atom. The van der Waals surface area contributed by atoms with Gasteiger partial charge in [-0.2, -0.15) is 5.10 Å². The van der Waals surface area contributed by atoms with Crippen LogP contribution < -0.4 is 14.8 Å². The smallest absolute Gasteiger partial charge is 0.265 e. The zero-order chi connectivity index (χ0) is 20.5. The summed E-state index contributed by atoms with van der Waals surface area (Å²) in [5, 5.41) is 9.11. The molecular weight excluding hydrogens is 410 g/mol. The Balaban J connectivity index is 1.67. The van der Waals surface area contributed by atoms with Crippen molar-refractivity contribution in [1.29, 1.82) is 0 Å². The number of ether oxygens (including phenoxy) is 2. The number of methoxy groups -OCH3 is 2. The van der Waals surface area contributed by atoms with E-state index in [1.165, 1.54) is 11.3 Å². The summed E-state index contributed by atoms with van der Waals surface area (Å²) in [6, 6.07) is 14.5. The molecule has 0 spiro atoms. The third-order valence-electron chi connectivity index (χ3n) is 4.45. The number of nitrogens with zero attached hydrogens (tertiary/aromatic N) is 2. The summed E-state index contributed by atoms with van der Waals surface area (Å²) >= 11 is 7.37. The number of fused-ring (bicyclic) bond motifs is 1. The molecule has 2 aromatic carbocycles. The average Bonchev–Trinajstić information content (AvgIpc) is 3.29. The molecule has 0 aliphatic heterocycles. The van der Waals surface area contributed by atoms with Gasteiger partial charge in [-0.25, -0.2) is 4.68 Å². The molecule has 0 saturated carbocycles. The van der Waals surface area contributed by atoms with Gasteiger partial charge in [0.05, 0.1) is 30.5 Å². The number of amides is 1. The number of nitrogens with one attached hydrogen (secondary N) is 1. The van der Waals surface area contributed by atoms with Gasteiger partial charge in [-0.3, -0.25) is 4.79 Å². The Labute approximate surface area is 176 Å². The first-order valence-electron chi connectivity index (χ1n) is 8.78. The molecule has 4 rings (SSSR count). The van der Waals surface area contributed by atoms with Crippen LogP contribution >= 0.6 is 22.9 Å². The van der Waals surface area contributed by atoms with Gasteiger partial charge in [-0.1, -0.05) is 11.6 Å². The zero-order valence-electron chi connectivity index (χ0n) is 16.0. The van der Waals surface area contributed by atoms with Crippen molar-refractivity contribution in [3.63, 3.8) is 0 Å². The van der Waals surface area contributed by atoms with Gasteiger partial charge >= 0.3 is 0 Å². The summed E-state index contributed by atoms with van der Waals surface area (Å²) in [5.41, 5.74) is 2.34. The highest BCUT2D eigenvalue weighted by atomic mass is 35.5. The number of aromatic nitrogens is 2. The second kappa shape index (κ2) is 7.77. The number of carbonyl (C=O) groups is 1. The number of thiophene rings is 1. The first-order valence-corrected chi connectivity index (χ1v) is 9.97. The van der Waals surface area contributed by atoms with Crippen LogP contribution in [0, 0.1) is 6.92 Å². The van der Waals surface area contributed by atoms with E-state index in [1.54, 1.807) is 32.4 Å². The molecule has 2 aromatic heterocycles. The number of hydrogen-bond acceptors (Lipinski definition) is 5. The van der Waals surface area contributed by atoms with Gasteiger partial charge in [-0.15, -0.1) is 11.3 Å². The van der Waals surface area contributed by atoms with Crippen molar-refractivity contribution in [3.8, 4) is 17.2 Å². The Kier molecular flexibility index (Phi) is 5.17. The van der Waals surface area contributed by atoms with Crippen molar-refractivity contribution in [2.45, 2.75) is 6.92 Å². The van der Waals surface area contributed by atoms with Crippen molar-refractivity contribution < 1.29 is 14.3 Å². The van der Waals surface area contributed by atoms with Crippen molar-refractivity contribution in [3.05, 3.63) is 64.1 Å². The van der Waals surface area contributed by atoms with E-state index in [2.05, 4.69) is 10.4 Å². The van der Waals surface area contributed by atoms with Crippen LogP contribution in [0.15, 0.2) is 48.5 Å². The Bertz CT molecular complexity index is 1180. The van der Waals surface area contributed by atoms with Gasteiger partial charge in [0, 0.05) is 34.3 Å². The van der Waals surface area contributed by atoms with E-state index in [1.807, 2.05) is 41.9 Å². The van der Waals surface area contributed by atoms with Gasteiger partial charge in [0.2, 0.25) is 0 Å². The molecule has 0 aliphatic carbocycles. The molecule has 0 saturated heterocycles. The Morgan fingerprint density at radius 1 is 1.07 bits per heavy atom. The van der Waals surface area contributed by atoms with Gasteiger partial charge in [0.1, 0.15) is 16.3 Å². The molecule has 8 heteroatoms. The molecule has 148 valence electrons. The van der Waals surface area contributed by atoms with Gasteiger partial charge in [-0.05, 0) is 37.3 Å². The Morgan fingerprint density at radius 3 is 2.34 bits per heavy atom. The summed E-state index contributed by atoms with van der Waals surface area (Å²) < 4.78 is 12.3. The van der Waals surface area contributed by atoms with E-state index in [0.29, 0.717) is 27.1 Å². The third kappa shape index (κ3) is 3.79. The minimum atomic E-state index is -0.205. The van der Waals surface area contributed by atoms with E-state index in [0.717, 1.165) is 21.6 Å². The molecule has 0 atom stereocenters. The highest BCUT2D eigenvalue weighted by molar-refractivity contribution is 7.20. The predicted molar refractivity (Wildman–Crippen MR) is 116 cm³/mol. The lowest BCUT2D eigenvalue weighted by Gasteiger charge is -2.09. The maximum atomic E-state index is 12.9. The number of halogens is 1. The fourth-order valence-electron chi connectivity index (χ4n) is 2.99. The second-order valence-electron chi connectivity index (χ2n) is 6.36. The minimum absolute atomic E-state index is 0.205. The van der Waals surface area contributed by atoms with E-state index in [4.69, 9.17) is 21.1 Å². The summed E-state index contributed by atoms with van der Waals surface area (Å²) in [6.45, 7) is 1.93. The first kappa shape index (κ1) is 19.3. The Hall–Kier alpha value is -3.03. The number of benzene rings is 2. The van der Waals surface area contributed by atoms with E-state index in [-0.39, 0.29) is 5.91 Å². The van der Waals surface area contributed by atoms with Crippen LogP contribution in [0.2, 0.25) is 5.02 Å². The summed E-state index contributed by atoms with van der Waals surface area (Å²) in [6.07, 6.45) is 0. The number of rotatable bonds is 5. The minimum Gasteiger partial charge on any atom is -0.497 e. The summed E-state index contributed by atoms with van der Waals surface area (Å²) in [7, 11) is 3.13. The van der Waals surface area contributed by atoms with E-state index < -0.39 is 0 Å². The van der Waals surface area contributed by atoms with Crippen LogP contribution in [0.1, 0.15) is 15.4 Å². The van der Waals surface area contributed by atoms with Gasteiger partial charge < -0.3 is 14.8 Å². The summed E-state index contributed by atoms with van der Waals surface area (Å²) in [5.74, 6) is 0.999. The molecule has 0 bridgehead atoms. The van der Waals surface area contributed by atoms with Crippen LogP contribution in [0.25, 0.3) is 15.9 Å². The quantitative estimate of drug-likeness (QED) is 0.468. The normalized spacial score (nSPS) is 10.9. The topological polar surface area (TPSA) is 65.4 Å². The fraction of sp³-hybridized carbons (Fsp3) is 0.143. The molecule has 1 amide bonds. The fourth-order valence-corrected chi connectivity index (χ4v) is 4.19. The highest BCUT2D eigenvalue weighted by Crippen LogP contribution is 2.32. The lowest BCUT2D eigenvalue weighted by molar-refractivity contribution is 0.103. The first-order chi connectivity index (χ1) is 14.0. The summed E-state index contributed by atoms with van der Waals surface area (Å²) in [4.78, 5) is 14.3. The zero-order valence-corrected chi connectivity index (χ0v) is 17.6. The van der Waals surface area contributed by atoms with Crippen molar-refractivity contribution in [2.24, 2.45) is 0 Å². The molecule has 0 radical (unpaired) electrons.